The van der Waals surface area contributed by atoms with Gasteiger partial charge >= 0.3 is 0 Å². The molecular weight excluding hydrogens is 337 g/mol. The standard InChI is InChI=1S/C19H12FN3OS/c20-16-8-6-14(7-9-16)18-15(11-24)10-23(22-18)19-21-17(12-25-19)13-4-2-1-3-5-13/h1-12H. The molecule has 0 fully saturated rings. The Morgan fingerprint density at radius 3 is 2.48 bits per heavy atom. The van der Waals surface area contributed by atoms with Gasteiger partial charge in [0.2, 0.25) is 5.13 Å². The van der Waals surface area contributed by atoms with E-state index in [2.05, 4.69) is 10.1 Å². The monoisotopic (exact) mass is 349 g/mol. The van der Waals surface area contributed by atoms with E-state index in [4.69, 9.17) is 0 Å². The summed E-state index contributed by atoms with van der Waals surface area (Å²) in [6.45, 7) is 0. The number of benzene rings is 2. The van der Waals surface area contributed by atoms with Crippen molar-refractivity contribution < 1.29 is 9.18 Å². The van der Waals surface area contributed by atoms with Gasteiger partial charge in [-0.25, -0.2) is 14.1 Å². The van der Waals surface area contributed by atoms with E-state index in [1.54, 1.807) is 23.0 Å². The molecule has 0 atom stereocenters. The molecule has 6 heteroatoms. The minimum absolute atomic E-state index is 0.330. The first kappa shape index (κ1) is 15.4. The van der Waals surface area contributed by atoms with E-state index in [9.17, 15) is 9.18 Å². The van der Waals surface area contributed by atoms with Gasteiger partial charge in [-0.15, -0.1) is 11.3 Å². The Morgan fingerprint density at radius 2 is 1.76 bits per heavy atom. The quantitative estimate of drug-likeness (QED) is 0.505. The smallest absolute Gasteiger partial charge is 0.210 e. The van der Waals surface area contributed by atoms with Gasteiger partial charge in [-0.2, -0.15) is 5.10 Å². The van der Waals surface area contributed by atoms with Crippen molar-refractivity contribution in [2.24, 2.45) is 0 Å². The molecular formula is C19H12FN3OS. The first-order valence-corrected chi connectivity index (χ1v) is 8.44. The van der Waals surface area contributed by atoms with E-state index in [-0.39, 0.29) is 5.82 Å². The summed E-state index contributed by atoms with van der Waals surface area (Å²) in [5.74, 6) is -0.330. The zero-order valence-electron chi connectivity index (χ0n) is 13.0. The zero-order chi connectivity index (χ0) is 17.2. The molecule has 4 aromatic rings. The van der Waals surface area contributed by atoms with Crippen LogP contribution in [0.5, 0.6) is 0 Å². The summed E-state index contributed by atoms with van der Waals surface area (Å²) in [6, 6.07) is 15.7. The summed E-state index contributed by atoms with van der Waals surface area (Å²) in [5.41, 5.74) is 3.50. The van der Waals surface area contributed by atoms with Crippen LogP contribution in [0.2, 0.25) is 0 Å². The third-order valence-electron chi connectivity index (χ3n) is 3.74. The van der Waals surface area contributed by atoms with Gasteiger partial charge in [0.1, 0.15) is 11.5 Å². The number of thiazole rings is 1. The summed E-state index contributed by atoms with van der Waals surface area (Å²) in [7, 11) is 0. The molecule has 0 radical (unpaired) electrons. The van der Waals surface area contributed by atoms with Crippen LogP contribution in [0.15, 0.2) is 66.2 Å². The van der Waals surface area contributed by atoms with Crippen molar-refractivity contribution in [3.63, 3.8) is 0 Å². The number of nitrogens with zero attached hydrogens (tertiary/aromatic N) is 3. The maximum atomic E-state index is 13.1. The van der Waals surface area contributed by atoms with E-state index >= 15 is 0 Å². The van der Waals surface area contributed by atoms with Crippen LogP contribution >= 0.6 is 11.3 Å². The Hall–Kier alpha value is -3.12. The minimum Gasteiger partial charge on any atom is -0.298 e. The van der Waals surface area contributed by atoms with Gasteiger partial charge in [0.15, 0.2) is 6.29 Å². The van der Waals surface area contributed by atoms with Crippen molar-refractivity contribution in [3.8, 4) is 27.6 Å². The van der Waals surface area contributed by atoms with Crippen molar-refractivity contribution in [3.05, 3.63) is 77.6 Å². The molecule has 0 bridgehead atoms. The molecule has 0 aliphatic carbocycles. The summed E-state index contributed by atoms with van der Waals surface area (Å²) < 4.78 is 14.7. The number of hydrogen-bond acceptors (Lipinski definition) is 4. The van der Waals surface area contributed by atoms with Crippen LogP contribution < -0.4 is 0 Å². The Kier molecular flexibility index (Phi) is 3.95. The second-order valence-electron chi connectivity index (χ2n) is 5.38. The molecule has 25 heavy (non-hydrogen) atoms. The second kappa shape index (κ2) is 6.41. The third kappa shape index (κ3) is 2.99. The number of rotatable bonds is 4. The number of carbonyl (C=O) groups is 1. The fraction of sp³-hybridized carbons (Fsp3) is 0. The largest absolute Gasteiger partial charge is 0.298 e. The highest BCUT2D eigenvalue weighted by atomic mass is 32.1. The van der Waals surface area contributed by atoms with Crippen LogP contribution in [0, 0.1) is 5.82 Å². The van der Waals surface area contributed by atoms with Crippen LogP contribution in [-0.2, 0) is 0 Å². The van der Waals surface area contributed by atoms with Crippen molar-refractivity contribution in [1.29, 1.82) is 0 Å². The fourth-order valence-electron chi connectivity index (χ4n) is 2.51. The van der Waals surface area contributed by atoms with Gasteiger partial charge < -0.3 is 0 Å². The van der Waals surface area contributed by atoms with E-state index in [1.807, 2.05) is 35.7 Å². The van der Waals surface area contributed by atoms with Gasteiger partial charge in [-0.3, -0.25) is 4.79 Å². The first-order valence-electron chi connectivity index (χ1n) is 7.57. The molecule has 0 spiro atoms. The lowest BCUT2D eigenvalue weighted by molar-refractivity contribution is 0.112. The molecule has 0 saturated carbocycles. The molecule has 0 aliphatic rings. The van der Waals surface area contributed by atoms with E-state index < -0.39 is 0 Å². The summed E-state index contributed by atoms with van der Waals surface area (Å²) in [5, 5.41) is 7.08. The van der Waals surface area contributed by atoms with Crippen LogP contribution in [0.4, 0.5) is 4.39 Å². The van der Waals surface area contributed by atoms with Gasteiger partial charge in [-0.05, 0) is 24.3 Å². The highest BCUT2D eigenvalue weighted by Gasteiger charge is 2.14. The van der Waals surface area contributed by atoms with Crippen LogP contribution in [-0.4, -0.2) is 21.1 Å². The Labute approximate surface area is 147 Å². The Balaban J connectivity index is 1.73. The number of hydrogen-bond donors (Lipinski definition) is 0. The Bertz CT molecular complexity index is 1020. The van der Waals surface area contributed by atoms with Gasteiger partial charge in [-0.1, -0.05) is 30.3 Å². The topological polar surface area (TPSA) is 47.8 Å². The summed E-state index contributed by atoms with van der Waals surface area (Å²) in [6.07, 6.45) is 2.38. The molecule has 0 amide bonds. The van der Waals surface area contributed by atoms with Crippen molar-refractivity contribution in [2.75, 3.05) is 0 Å². The predicted octanol–water partition coefficient (Wildman–Crippen LogP) is 4.61. The molecule has 0 aliphatic heterocycles. The third-order valence-corrected chi connectivity index (χ3v) is 4.58. The van der Waals surface area contributed by atoms with Crippen molar-refractivity contribution in [2.45, 2.75) is 0 Å². The molecule has 4 rings (SSSR count). The van der Waals surface area contributed by atoms with E-state index in [1.165, 1.54) is 23.5 Å². The Morgan fingerprint density at radius 1 is 1.00 bits per heavy atom. The fourth-order valence-corrected chi connectivity index (χ4v) is 3.27. The molecule has 4 nitrogen and oxygen atoms in total. The summed E-state index contributed by atoms with van der Waals surface area (Å²) in [4.78, 5) is 16.0. The lowest BCUT2D eigenvalue weighted by atomic mass is 10.1. The van der Waals surface area contributed by atoms with Gasteiger partial charge in [0.05, 0.1) is 11.3 Å². The maximum Gasteiger partial charge on any atom is 0.210 e. The molecule has 0 unspecified atom stereocenters. The molecule has 2 aromatic carbocycles. The average molecular weight is 349 g/mol. The molecule has 2 heterocycles. The van der Waals surface area contributed by atoms with Gasteiger partial charge in [0, 0.05) is 22.7 Å². The number of aromatic nitrogens is 3. The predicted molar refractivity (Wildman–Crippen MR) is 95.5 cm³/mol. The highest BCUT2D eigenvalue weighted by molar-refractivity contribution is 7.12. The number of halogens is 1. The lowest BCUT2D eigenvalue weighted by Crippen LogP contribution is -1.94. The van der Waals surface area contributed by atoms with Crippen molar-refractivity contribution in [1.82, 2.24) is 14.8 Å². The normalized spacial score (nSPS) is 10.8. The van der Waals surface area contributed by atoms with Crippen LogP contribution in [0.1, 0.15) is 10.4 Å². The van der Waals surface area contributed by atoms with E-state index in [0.29, 0.717) is 22.0 Å². The van der Waals surface area contributed by atoms with Gasteiger partial charge in [0.25, 0.3) is 0 Å². The molecule has 0 N–H and O–H groups in total. The maximum absolute atomic E-state index is 13.1. The SMILES string of the molecule is O=Cc1cn(-c2nc(-c3ccccc3)cs2)nc1-c1ccc(F)cc1. The van der Waals surface area contributed by atoms with Crippen LogP contribution in [0.25, 0.3) is 27.6 Å². The number of aldehydes is 1. The second-order valence-corrected chi connectivity index (χ2v) is 6.22. The summed E-state index contributed by atoms with van der Waals surface area (Å²) >= 11 is 1.44. The van der Waals surface area contributed by atoms with Crippen LogP contribution in [0.3, 0.4) is 0 Å². The molecule has 0 saturated heterocycles. The first-order chi connectivity index (χ1) is 12.2. The number of carbonyl (C=O) groups excluding carboxylic acids is 1. The van der Waals surface area contributed by atoms with E-state index in [0.717, 1.165) is 17.5 Å². The molecule has 2 aromatic heterocycles. The minimum atomic E-state index is -0.330. The average Bonchev–Trinajstić information content (AvgIpc) is 3.30. The molecule has 122 valence electrons. The zero-order valence-corrected chi connectivity index (χ0v) is 13.8. The van der Waals surface area contributed by atoms with Crippen molar-refractivity contribution >= 4 is 17.6 Å². The highest BCUT2D eigenvalue weighted by Crippen LogP contribution is 2.27. The lowest BCUT2D eigenvalue weighted by Gasteiger charge is -1.98.